The van der Waals surface area contributed by atoms with Crippen LogP contribution in [-0.4, -0.2) is 40.4 Å². The van der Waals surface area contributed by atoms with Crippen molar-refractivity contribution in [3.8, 4) is 0 Å². The first-order valence-corrected chi connectivity index (χ1v) is 6.77. The Morgan fingerprint density at radius 3 is 2.76 bits per heavy atom. The third-order valence-corrected chi connectivity index (χ3v) is 4.24. The summed E-state index contributed by atoms with van der Waals surface area (Å²) in [4.78, 5) is 2.58. The Labute approximate surface area is 103 Å². The van der Waals surface area contributed by atoms with Gasteiger partial charge in [0.05, 0.1) is 11.4 Å². The number of nitrogens with zero attached hydrogens (tertiary/aromatic N) is 3. The van der Waals surface area contributed by atoms with Crippen LogP contribution in [0.15, 0.2) is 6.20 Å². The van der Waals surface area contributed by atoms with E-state index in [1.165, 1.54) is 43.9 Å². The van der Waals surface area contributed by atoms with Crippen molar-refractivity contribution in [2.45, 2.75) is 32.2 Å². The minimum atomic E-state index is 0.631. The molecule has 4 nitrogen and oxygen atoms in total. The number of aryl methyl sites for hydroxylation is 2. The van der Waals surface area contributed by atoms with E-state index in [1.54, 1.807) is 0 Å². The molecule has 0 saturated carbocycles. The van der Waals surface area contributed by atoms with Crippen LogP contribution in [-0.2, 0) is 13.5 Å². The molecule has 0 aliphatic carbocycles. The van der Waals surface area contributed by atoms with Crippen LogP contribution in [0.1, 0.15) is 25.5 Å². The number of nitrogens with one attached hydrogen (secondary N) is 1. The van der Waals surface area contributed by atoms with Crippen molar-refractivity contribution in [1.82, 2.24) is 14.7 Å². The fraction of sp³-hybridized carbons (Fsp3) is 0.769. The van der Waals surface area contributed by atoms with E-state index in [1.807, 2.05) is 11.7 Å². The van der Waals surface area contributed by atoms with E-state index in [9.17, 15) is 0 Å². The van der Waals surface area contributed by atoms with Gasteiger partial charge < -0.3 is 10.2 Å². The molecule has 3 saturated heterocycles. The predicted octanol–water partition coefficient (Wildman–Crippen LogP) is 1.49. The molecule has 1 unspecified atom stereocenters. The molecule has 1 aromatic rings. The van der Waals surface area contributed by atoms with E-state index in [-0.39, 0.29) is 0 Å². The van der Waals surface area contributed by atoms with E-state index < -0.39 is 0 Å². The highest BCUT2D eigenvalue weighted by atomic mass is 15.3. The van der Waals surface area contributed by atoms with Crippen LogP contribution >= 0.6 is 0 Å². The lowest BCUT2D eigenvalue weighted by molar-refractivity contribution is 0.0975. The summed E-state index contributed by atoms with van der Waals surface area (Å²) in [5.74, 6) is 0.866. The van der Waals surface area contributed by atoms with Gasteiger partial charge in [-0.1, -0.05) is 6.92 Å². The number of aromatic nitrogens is 2. The van der Waals surface area contributed by atoms with Gasteiger partial charge in [-0.15, -0.1) is 0 Å². The summed E-state index contributed by atoms with van der Waals surface area (Å²) in [6.45, 7) is 5.99. The van der Waals surface area contributed by atoms with Gasteiger partial charge in [0.25, 0.3) is 0 Å². The molecule has 1 aromatic heterocycles. The van der Waals surface area contributed by atoms with Crippen LogP contribution in [0.3, 0.4) is 0 Å². The zero-order chi connectivity index (χ0) is 11.8. The Kier molecular flexibility index (Phi) is 2.82. The summed E-state index contributed by atoms with van der Waals surface area (Å²) in [5.41, 5.74) is 2.44. The van der Waals surface area contributed by atoms with Gasteiger partial charge in [0, 0.05) is 25.8 Å². The van der Waals surface area contributed by atoms with Crippen LogP contribution in [0.2, 0.25) is 0 Å². The Bertz CT molecular complexity index is 390. The topological polar surface area (TPSA) is 33.1 Å². The molecule has 4 heterocycles. The number of hydrogen-bond acceptors (Lipinski definition) is 3. The quantitative estimate of drug-likeness (QED) is 0.860. The molecule has 1 atom stereocenters. The largest absolute Gasteiger partial charge is 0.378 e. The molecule has 0 aromatic carbocycles. The van der Waals surface area contributed by atoms with Gasteiger partial charge in [-0.05, 0) is 38.3 Å². The molecule has 3 fully saturated rings. The minimum absolute atomic E-state index is 0.631. The van der Waals surface area contributed by atoms with Gasteiger partial charge in [-0.25, -0.2) is 0 Å². The van der Waals surface area contributed by atoms with Crippen molar-refractivity contribution >= 4 is 5.69 Å². The molecule has 4 rings (SSSR count). The lowest BCUT2D eigenvalue weighted by atomic mass is 9.84. The van der Waals surface area contributed by atoms with E-state index in [0.29, 0.717) is 6.04 Å². The standard InChI is InChI=1S/C13H22N4/c1-3-11-13(8-16(2)15-11)14-12-9-17-6-4-10(12)5-7-17/h8,10,12,14H,3-7,9H2,1-2H3. The highest BCUT2D eigenvalue weighted by molar-refractivity contribution is 5.47. The van der Waals surface area contributed by atoms with Gasteiger partial charge in [0.2, 0.25) is 0 Å². The van der Waals surface area contributed by atoms with Crippen LogP contribution in [0.25, 0.3) is 0 Å². The third kappa shape index (κ3) is 2.06. The predicted molar refractivity (Wildman–Crippen MR) is 69.2 cm³/mol. The van der Waals surface area contributed by atoms with Crippen molar-refractivity contribution in [2.24, 2.45) is 13.0 Å². The third-order valence-electron chi connectivity index (χ3n) is 4.24. The maximum atomic E-state index is 4.50. The summed E-state index contributed by atoms with van der Waals surface area (Å²) in [6, 6.07) is 0.631. The molecule has 94 valence electrons. The first-order chi connectivity index (χ1) is 8.26. The number of hydrogen-bond donors (Lipinski definition) is 1. The summed E-state index contributed by atoms with van der Waals surface area (Å²) in [7, 11) is 2.00. The van der Waals surface area contributed by atoms with Gasteiger partial charge in [-0.2, -0.15) is 5.10 Å². The van der Waals surface area contributed by atoms with Crippen LogP contribution in [0, 0.1) is 5.92 Å². The van der Waals surface area contributed by atoms with E-state index in [4.69, 9.17) is 0 Å². The highest BCUT2D eigenvalue weighted by Gasteiger charge is 2.34. The zero-order valence-corrected chi connectivity index (χ0v) is 10.8. The molecule has 0 amide bonds. The molecule has 17 heavy (non-hydrogen) atoms. The van der Waals surface area contributed by atoms with E-state index in [2.05, 4.69) is 28.4 Å². The molecule has 2 bridgehead atoms. The van der Waals surface area contributed by atoms with Crippen molar-refractivity contribution in [2.75, 3.05) is 25.0 Å². The molecule has 4 heteroatoms. The number of anilines is 1. The van der Waals surface area contributed by atoms with Crippen molar-refractivity contribution in [3.63, 3.8) is 0 Å². The number of piperidine rings is 3. The average Bonchev–Trinajstić information content (AvgIpc) is 2.71. The maximum Gasteiger partial charge on any atom is 0.0853 e. The minimum Gasteiger partial charge on any atom is -0.378 e. The highest BCUT2D eigenvalue weighted by Crippen LogP contribution is 2.30. The zero-order valence-electron chi connectivity index (χ0n) is 10.8. The fourth-order valence-corrected chi connectivity index (χ4v) is 3.24. The lowest BCUT2D eigenvalue weighted by Gasteiger charge is -2.45. The molecule has 3 aliphatic heterocycles. The van der Waals surface area contributed by atoms with E-state index >= 15 is 0 Å². The van der Waals surface area contributed by atoms with Crippen LogP contribution < -0.4 is 5.32 Å². The molecule has 1 N–H and O–H groups in total. The SMILES string of the molecule is CCc1nn(C)cc1NC1CN2CCC1CC2. The summed E-state index contributed by atoms with van der Waals surface area (Å²) in [5, 5.41) is 8.22. The first-order valence-electron chi connectivity index (χ1n) is 6.77. The molecule has 0 spiro atoms. The second-order valence-electron chi connectivity index (χ2n) is 5.41. The molecular weight excluding hydrogens is 212 g/mol. The van der Waals surface area contributed by atoms with Gasteiger partial charge >= 0.3 is 0 Å². The van der Waals surface area contributed by atoms with Gasteiger partial charge in [0.15, 0.2) is 0 Å². The Balaban J connectivity index is 1.74. The van der Waals surface area contributed by atoms with Crippen molar-refractivity contribution in [1.29, 1.82) is 0 Å². The Morgan fingerprint density at radius 1 is 1.41 bits per heavy atom. The average molecular weight is 234 g/mol. The van der Waals surface area contributed by atoms with Crippen LogP contribution in [0.4, 0.5) is 5.69 Å². The Morgan fingerprint density at radius 2 is 2.18 bits per heavy atom. The number of fused-ring (bicyclic) bond motifs is 3. The molecule has 0 radical (unpaired) electrons. The second kappa shape index (κ2) is 4.33. The normalized spacial score (nSPS) is 31.8. The lowest BCUT2D eigenvalue weighted by Crippen LogP contribution is -2.53. The number of rotatable bonds is 3. The fourth-order valence-electron chi connectivity index (χ4n) is 3.24. The second-order valence-corrected chi connectivity index (χ2v) is 5.41. The van der Waals surface area contributed by atoms with Crippen molar-refractivity contribution < 1.29 is 0 Å². The first kappa shape index (κ1) is 11.1. The smallest absolute Gasteiger partial charge is 0.0853 e. The summed E-state index contributed by atoms with van der Waals surface area (Å²) in [6.07, 6.45) is 5.85. The maximum absolute atomic E-state index is 4.50. The monoisotopic (exact) mass is 234 g/mol. The Hall–Kier alpha value is -1.03. The summed E-state index contributed by atoms with van der Waals surface area (Å²) >= 11 is 0. The van der Waals surface area contributed by atoms with Gasteiger partial charge in [0.1, 0.15) is 0 Å². The summed E-state index contributed by atoms with van der Waals surface area (Å²) < 4.78 is 1.92. The molecule has 3 aliphatic rings. The van der Waals surface area contributed by atoms with E-state index in [0.717, 1.165) is 12.3 Å². The van der Waals surface area contributed by atoms with Crippen molar-refractivity contribution in [3.05, 3.63) is 11.9 Å². The van der Waals surface area contributed by atoms with Gasteiger partial charge in [-0.3, -0.25) is 4.68 Å². The molecular formula is C13H22N4. The van der Waals surface area contributed by atoms with Crippen LogP contribution in [0.5, 0.6) is 0 Å².